The highest BCUT2D eigenvalue weighted by Crippen LogP contribution is 2.22. The van der Waals surface area contributed by atoms with Crippen molar-refractivity contribution < 1.29 is 9.90 Å². The van der Waals surface area contributed by atoms with Crippen LogP contribution in [0.4, 0.5) is 0 Å². The molecule has 1 atom stereocenters. The number of aryl methyl sites for hydroxylation is 2. The maximum absolute atomic E-state index is 12.4. The Morgan fingerprint density at radius 3 is 2.94 bits per heavy atom. The lowest BCUT2D eigenvalue weighted by atomic mass is 10.0. The molecule has 1 aromatic rings. The molecule has 0 saturated carbocycles. The number of aliphatic hydroxyl groups excluding tert-OH is 1. The Balaban J connectivity index is 2.10. The van der Waals surface area contributed by atoms with Crippen LogP contribution >= 0.6 is 0 Å². The Bertz CT molecular complexity index is 442. The molecule has 0 radical (unpaired) electrons. The topological polar surface area (TPSA) is 40.5 Å². The monoisotopic (exact) mass is 247 g/mol. The van der Waals surface area contributed by atoms with Crippen LogP contribution in [-0.2, 0) is 0 Å². The number of aliphatic hydroxyl groups is 1. The lowest BCUT2D eigenvalue weighted by Crippen LogP contribution is -2.29. The van der Waals surface area contributed by atoms with Gasteiger partial charge < -0.3 is 10.0 Å². The van der Waals surface area contributed by atoms with E-state index in [1.165, 1.54) is 0 Å². The third-order valence-electron chi connectivity index (χ3n) is 3.73. The molecule has 1 aliphatic heterocycles. The van der Waals surface area contributed by atoms with Gasteiger partial charge in [0.2, 0.25) is 0 Å². The summed E-state index contributed by atoms with van der Waals surface area (Å²) in [6, 6.07) is 6.01. The molecule has 1 fully saturated rings. The van der Waals surface area contributed by atoms with Gasteiger partial charge in [-0.1, -0.05) is 17.7 Å². The SMILES string of the molecule is Cc1ccc(C)c(C(=O)N2CCC(CCO)C2)c1. The Morgan fingerprint density at radius 1 is 1.44 bits per heavy atom. The Hall–Kier alpha value is -1.35. The Kier molecular flexibility index (Phi) is 4.02. The summed E-state index contributed by atoms with van der Waals surface area (Å²) in [7, 11) is 0. The molecule has 0 aromatic heterocycles. The first kappa shape index (κ1) is 13.1. The highest BCUT2D eigenvalue weighted by atomic mass is 16.3. The molecular weight excluding hydrogens is 226 g/mol. The third kappa shape index (κ3) is 2.72. The Labute approximate surface area is 108 Å². The molecule has 18 heavy (non-hydrogen) atoms. The van der Waals surface area contributed by atoms with E-state index in [4.69, 9.17) is 5.11 Å². The average molecular weight is 247 g/mol. The lowest BCUT2D eigenvalue weighted by molar-refractivity contribution is 0.0784. The summed E-state index contributed by atoms with van der Waals surface area (Å²) >= 11 is 0. The van der Waals surface area contributed by atoms with Crippen LogP contribution in [0.15, 0.2) is 18.2 Å². The first-order valence-electron chi connectivity index (χ1n) is 6.59. The molecular formula is C15H21NO2. The van der Waals surface area contributed by atoms with E-state index in [2.05, 4.69) is 0 Å². The van der Waals surface area contributed by atoms with Gasteiger partial charge in [-0.05, 0) is 44.2 Å². The van der Waals surface area contributed by atoms with E-state index in [0.29, 0.717) is 5.92 Å². The third-order valence-corrected chi connectivity index (χ3v) is 3.73. The lowest BCUT2D eigenvalue weighted by Gasteiger charge is -2.18. The largest absolute Gasteiger partial charge is 0.396 e. The molecule has 2 rings (SSSR count). The van der Waals surface area contributed by atoms with Gasteiger partial charge in [0.05, 0.1) is 0 Å². The van der Waals surface area contributed by atoms with Crippen LogP contribution < -0.4 is 0 Å². The van der Waals surface area contributed by atoms with Gasteiger partial charge in [-0.3, -0.25) is 4.79 Å². The number of hydrogen-bond acceptors (Lipinski definition) is 2. The molecule has 0 bridgehead atoms. The van der Waals surface area contributed by atoms with Gasteiger partial charge in [-0.2, -0.15) is 0 Å². The molecule has 3 nitrogen and oxygen atoms in total. The minimum Gasteiger partial charge on any atom is -0.396 e. The van der Waals surface area contributed by atoms with Gasteiger partial charge >= 0.3 is 0 Å². The highest BCUT2D eigenvalue weighted by Gasteiger charge is 2.27. The predicted molar refractivity (Wildman–Crippen MR) is 71.6 cm³/mol. The van der Waals surface area contributed by atoms with Gasteiger partial charge in [0, 0.05) is 25.3 Å². The van der Waals surface area contributed by atoms with Gasteiger partial charge in [0.1, 0.15) is 0 Å². The van der Waals surface area contributed by atoms with Crippen molar-refractivity contribution >= 4 is 5.91 Å². The molecule has 0 spiro atoms. The standard InChI is InChI=1S/C15H21NO2/c1-11-3-4-12(2)14(9-11)15(18)16-7-5-13(10-16)6-8-17/h3-4,9,13,17H,5-8,10H2,1-2H3. The number of rotatable bonds is 3. The summed E-state index contributed by atoms with van der Waals surface area (Å²) < 4.78 is 0. The minimum atomic E-state index is 0.136. The summed E-state index contributed by atoms with van der Waals surface area (Å²) in [5, 5.41) is 8.95. The first-order valence-corrected chi connectivity index (χ1v) is 6.59. The van der Waals surface area contributed by atoms with Gasteiger partial charge in [-0.15, -0.1) is 0 Å². The number of benzene rings is 1. The molecule has 1 heterocycles. The molecule has 1 amide bonds. The van der Waals surface area contributed by atoms with E-state index < -0.39 is 0 Å². The van der Waals surface area contributed by atoms with E-state index in [0.717, 1.165) is 42.6 Å². The minimum absolute atomic E-state index is 0.136. The van der Waals surface area contributed by atoms with Crippen LogP contribution in [-0.4, -0.2) is 35.6 Å². The molecule has 98 valence electrons. The molecule has 1 aliphatic rings. The molecule has 0 aliphatic carbocycles. The van der Waals surface area contributed by atoms with Crippen LogP contribution in [0, 0.1) is 19.8 Å². The summed E-state index contributed by atoms with van der Waals surface area (Å²) in [4.78, 5) is 14.4. The quantitative estimate of drug-likeness (QED) is 0.889. The van der Waals surface area contributed by atoms with Crippen LogP contribution in [0.2, 0.25) is 0 Å². The van der Waals surface area contributed by atoms with Gasteiger partial charge in [-0.25, -0.2) is 0 Å². The normalized spacial score (nSPS) is 19.3. The molecule has 1 aromatic carbocycles. The number of nitrogens with zero attached hydrogens (tertiary/aromatic N) is 1. The molecule has 3 heteroatoms. The van der Waals surface area contributed by atoms with Gasteiger partial charge in [0.25, 0.3) is 5.91 Å². The van der Waals surface area contributed by atoms with Crippen LogP contribution in [0.25, 0.3) is 0 Å². The zero-order chi connectivity index (χ0) is 13.1. The number of carbonyl (C=O) groups is 1. The first-order chi connectivity index (χ1) is 8.61. The van der Waals surface area contributed by atoms with Crippen molar-refractivity contribution in [3.8, 4) is 0 Å². The van der Waals surface area contributed by atoms with E-state index in [1.54, 1.807) is 0 Å². The average Bonchev–Trinajstić information content (AvgIpc) is 2.80. The van der Waals surface area contributed by atoms with E-state index >= 15 is 0 Å². The molecule has 1 unspecified atom stereocenters. The van der Waals surface area contributed by atoms with Crippen LogP contribution in [0.5, 0.6) is 0 Å². The fourth-order valence-corrected chi connectivity index (χ4v) is 2.57. The second-order valence-corrected chi connectivity index (χ2v) is 5.24. The number of amides is 1. The van der Waals surface area contributed by atoms with E-state index in [1.807, 2.05) is 36.9 Å². The maximum atomic E-state index is 12.4. The predicted octanol–water partition coefficient (Wildman–Crippen LogP) is 2.15. The van der Waals surface area contributed by atoms with Gasteiger partial charge in [0.15, 0.2) is 0 Å². The van der Waals surface area contributed by atoms with Crippen molar-refractivity contribution in [1.29, 1.82) is 0 Å². The number of carbonyl (C=O) groups excluding carboxylic acids is 1. The maximum Gasteiger partial charge on any atom is 0.254 e. The van der Waals surface area contributed by atoms with Crippen molar-refractivity contribution in [3.63, 3.8) is 0 Å². The number of likely N-dealkylation sites (tertiary alicyclic amines) is 1. The zero-order valence-electron chi connectivity index (χ0n) is 11.1. The molecule has 1 N–H and O–H groups in total. The number of hydrogen-bond donors (Lipinski definition) is 1. The van der Waals surface area contributed by atoms with Crippen molar-refractivity contribution in [2.45, 2.75) is 26.7 Å². The fourth-order valence-electron chi connectivity index (χ4n) is 2.57. The zero-order valence-corrected chi connectivity index (χ0v) is 11.1. The van der Waals surface area contributed by atoms with E-state index in [9.17, 15) is 4.79 Å². The van der Waals surface area contributed by atoms with Crippen LogP contribution in [0.3, 0.4) is 0 Å². The fraction of sp³-hybridized carbons (Fsp3) is 0.533. The summed E-state index contributed by atoms with van der Waals surface area (Å²) in [6.07, 6.45) is 1.81. The van der Waals surface area contributed by atoms with Crippen molar-refractivity contribution in [3.05, 3.63) is 34.9 Å². The van der Waals surface area contributed by atoms with Crippen molar-refractivity contribution in [2.24, 2.45) is 5.92 Å². The smallest absolute Gasteiger partial charge is 0.254 e. The van der Waals surface area contributed by atoms with Crippen LogP contribution in [0.1, 0.15) is 34.3 Å². The second kappa shape index (κ2) is 5.53. The Morgan fingerprint density at radius 2 is 2.22 bits per heavy atom. The second-order valence-electron chi connectivity index (χ2n) is 5.24. The van der Waals surface area contributed by atoms with Crippen molar-refractivity contribution in [2.75, 3.05) is 19.7 Å². The summed E-state index contributed by atoms with van der Waals surface area (Å²) in [5.41, 5.74) is 2.98. The van der Waals surface area contributed by atoms with Crippen molar-refractivity contribution in [1.82, 2.24) is 4.90 Å². The van der Waals surface area contributed by atoms with E-state index in [-0.39, 0.29) is 12.5 Å². The molecule has 1 saturated heterocycles. The summed E-state index contributed by atoms with van der Waals surface area (Å²) in [6.45, 7) is 5.81. The summed E-state index contributed by atoms with van der Waals surface area (Å²) in [5.74, 6) is 0.598. The highest BCUT2D eigenvalue weighted by molar-refractivity contribution is 5.96.